The highest BCUT2D eigenvalue weighted by molar-refractivity contribution is 5.55. The second kappa shape index (κ2) is 9.59. The van der Waals surface area contributed by atoms with Gasteiger partial charge in [-0.25, -0.2) is 13.2 Å². The van der Waals surface area contributed by atoms with Crippen LogP contribution in [0.3, 0.4) is 0 Å². The second-order valence-corrected chi connectivity index (χ2v) is 7.52. The summed E-state index contributed by atoms with van der Waals surface area (Å²) < 4.78 is 82.5. The van der Waals surface area contributed by atoms with E-state index in [0.29, 0.717) is 24.0 Å². The van der Waals surface area contributed by atoms with Gasteiger partial charge in [0.25, 0.3) is 0 Å². The zero-order valence-corrected chi connectivity index (χ0v) is 17.9. The third-order valence-corrected chi connectivity index (χ3v) is 5.20. The molecule has 2 aromatic rings. The van der Waals surface area contributed by atoms with E-state index < -0.39 is 35.7 Å². The topological polar surface area (TPSA) is 18.5 Å². The summed E-state index contributed by atoms with van der Waals surface area (Å²) in [6.45, 7) is 9.77. The number of rotatable bonds is 8. The van der Waals surface area contributed by atoms with Crippen molar-refractivity contribution < 1.29 is 31.4 Å². The molecule has 1 heterocycles. The van der Waals surface area contributed by atoms with E-state index in [1.807, 2.05) is 6.92 Å². The summed E-state index contributed by atoms with van der Waals surface area (Å²) in [5, 5.41) is 0. The molecule has 0 atom stereocenters. The highest BCUT2D eigenvalue weighted by Crippen LogP contribution is 2.43. The van der Waals surface area contributed by atoms with Crippen LogP contribution in [0.2, 0.25) is 0 Å². The van der Waals surface area contributed by atoms with Gasteiger partial charge < -0.3 is 9.47 Å². The molecule has 0 aliphatic carbocycles. The van der Waals surface area contributed by atoms with E-state index in [9.17, 15) is 22.0 Å². The van der Waals surface area contributed by atoms with E-state index >= 15 is 0 Å². The Morgan fingerprint density at radius 2 is 1.59 bits per heavy atom. The molecule has 0 N–H and O–H groups in total. The van der Waals surface area contributed by atoms with E-state index in [2.05, 4.69) is 13.2 Å². The molecule has 0 saturated carbocycles. The lowest BCUT2D eigenvalue weighted by molar-refractivity contribution is 0.315. The normalized spacial score (nSPS) is 13.0. The van der Waals surface area contributed by atoms with Crippen LogP contribution in [0.5, 0.6) is 17.2 Å². The van der Waals surface area contributed by atoms with Crippen LogP contribution in [0.4, 0.5) is 22.0 Å². The molecule has 0 radical (unpaired) electrons. The maximum absolute atomic E-state index is 15.0. The Morgan fingerprint density at radius 3 is 2.25 bits per heavy atom. The fraction of sp³-hybridized carbons (Fsp3) is 0.280. The van der Waals surface area contributed by atoms with Gasteiger partial charge in [0.1, 0.15) is 6.61 Å². The third kappa shape index (κ3) is 4.42. The summed E-state index contributed by atoms with van der Waals surface area (Å²) >= 11 is 0. The third-order valence-electron chi connectivity index (χ3n) is 5.20. The number of hydrogen-bond donors (Lipinski definition) is 0. The minimum Gasteiger partial charge on any atom is -0.486 e. The first-order valence-corrected chi connectivity index (χ1v) is 10.2. The molecule has 1 aliphatic rings. The summed E-state index contributed by atoms with van der Waals surface area (Å²) in [4.78, 5) is 0. The number of halogens is 5. The van der Waals surface area contributed by atoms with Crippen molar-refractivity contribution in [1.29, 1.82) is 0 Å². The quantitative estimate of drug-likeness (QED) is 0.257. The maximum Gasteiger partial charge on any atom is 0.207 e. The molecule has 7 heteroatoms. The van der Waals surface area contributed by atoms with Crippen LogP contribution in [0.25, 0.3) is 0 Å². The Labute approximate surface area is 183 Å². The standard InChI is InChI=1S/C25H23F5O2/c1-5-7-15-10-17-11-16-8-9-18(22(29)24(16)32-25(17)23(30)21(15)28)31-12-14(4)20(27)19(26)13(3)6-2/h8-10H,3-7,11-12H2,1-2H3/b20-19-. The number of fused-ring (bicyclic) bond motifs is 2. The Hall–Kier alpha value is -3.09. The molecule has 0 unspecified atom stereocenters. The first-order chi connectivity index (χ1) is 15.2. The summed E-state index contributed by atoms with van der Waals surface area (Å²) in [5.74, 6) is -6.49. The minimum atomic E-state index is -1.22. The van der Waals surface area contributed by atoms with Gasteiger partial charge in [-0.1, -0.05) is 39.5 Å². The first-order valence-electron chi connectivity index (χ1n) is 10.2. The molecular formula is C25H23F5O2. The predicted molar refractivity (Wildman–Crippen MR) is 113 cm³/mol. The molecule has 0 fully saturated rings. The average molecular weight is 450 g/mol. The number of allylic oxidation sites excluding steroid dienone is 2. The predicted octanol–water partition coefficient (Wildman–Crippen LogP) is 7.80. The van der Waals surface area contributed by atoms with Gasteiger partial charge in [-0.05, 0) is 36.1 Å². The first kappa shape index (κ1) is 23.6. The Bertz CT molecular complexity index is 1120. The summed E-state index contributed by atoms with van der Waals surface area (Å²) in [5.41, 5.74) is 0.707. The van der Waals surface area contributed by atoms with Crippen LogP contribution in [-0.2, 0) is 12.8 Å². The Balaban J connectivity index is 1.84. The van der Waals surface area contributed by atoms with Crippen molar-refractivity contribution in [1.82, 2.24) is 0 Å². The molecule has 2 aromatic carbocycles. The van der Waals surface area contributed by atoms with E-state index in [-0.39, 0.29) is 46.8 Å². The second-order valence-electron chi connectivity index (χ2n) is 7.52. The monoisotopic (exact) mass is 450 g/mol. The van der Waals surface area contributed by atoms with Gasteiger partial charge in [-0.3, -0.25) is 0 Å². The highest BCUT2D eigenvalue weighted by Gasteiger charge is 2.28. The van der Waals surface area contributed by atoms with Crippen LogP contribution >= 0.6 is 0 Å². The molecule has 170 valence electrons. The smallest absolute Gasteiger partial charge is 0.207 e. The molecule has 0 spiro atoms. The highest BCUT2D eigenvalue weighted by atomic mass is 19.2. The minimum absolute atomic E-state index is 0.0352. The zero-order chi connectivity index (χ0) is 23.6. The van der Waals surface area contributed by atoms with Gasteiger partial charge in [-0.15, -0.1) is 0 Å². The van der Waals surface area contributed by atoms with Gasteiger partial charge in [0.2, 0.25) is 11.6 Å². The fourth-order valence-electron chi connectivity index (χ4n) is 3.35. The Kier molecular flexibility index (Phi) is 7.06. The van der Waals surface area contributed by atoms with Crippen LogP contribution < -0.4 is 9.47 Å². The summed E-state index contributed by atoms with van der Waals surface area (Å²) in [6, 6.07) is 4.36. The van der Waals surface area contributed by atoms with E-state index in [4.69, 9.17) is 9.47 Å². The Morgan fingerprint density at radius 1 is 0.938 bits per heavy atom. The molecule has 0 bridgehead atoms. The van der Waals surface area contributed by atoms with Crippen LogP contribution in [-0.4, -0.2) is 6.61 Å². The van der Waals surface area contributed by atoms with Crippen molar-refractivity contribution in [2.75, 3.05) is 6.61 Å². The fourth-order valence-corrected chi connectivity index (χ4v) is 3.35. The van der Waals surface area contributed by atoms with E-state index in [0.717, 1.165) is 0 Å². The van der Waals surface area contributed by atoms with E-state index in [1.54, 1.807) is 6.92 Å². The van der Waals surface area contributed by atoms with E-state index in [1.165, 1.54) is 18.2 Å². The molecule has 32 heavy (non-hydrogen) atoms. The van der Waals surface area contributed by atoms with Crippen molar-refractivity contribution in [2.24, 2.45) is 0 Å². The van der Waals surface area contributed by atoms with Crippen molar-refractivity contribution >= 4 is 0 Å². The molecule has 0 aromatic heterocycles. The number of aryl methyl sites for hydroxylation is 1. The maximum atomic E-state index is 15.0. The lowest BCUT2D eigenvalue weighted by Gasteiger charge is -2.23. The van der Waals surface area contributed by atoms with Crippen LogP contribution in [0.1, 0.15) is 43.4 Å². The SMILES string of the molecule is C=C(CC)/C(F)=C(/F)C(=C)COc1ccc2c(c1F)Oc1c(cc(CCC)c(F)c1F)C2. The molecule has 0 saturated heterocycles. The lowest BCUT2D eigenvalue weighted by Crippen LogP contribution is -2.11. The molecule has 2 nitrogen and oxygen atoms in total. The van der Waals surface area contributed by atoms with Crippen molar-refractivity contribution in [2.45, 2.75) is 39.5 Å². The van der Waals surface area contributed by atoms with Gasteiger partial charge in [0.05, 0.1) is 0 Å². The number of hydrogen-bond acceptors (Lipinski definition) is 2. The summed E-state index contributed by atoms with van der Waals surface area (Å²) in [6.07, 6.45) is 1.36. The van der Waals surface area contributed by atoms with Gasteiger partial charge in [0.15, 0.2) is 34.7 Å². The van der Waals surface area contributed by atoms with Crippen LogP contribution in [0, 0.1) is 17.5 Å². The number of ether oxygens (including phenoxy) is 2. The largest absolute Gasteiger partial charge is 0.486 e. The molecular weight excluding hydrogens is 427 g/mol. The van der Waals surface area contributed by atoms with Gasteiger partial charge in [-0.2, -0.15) is 8.78 Å². The molecule has 3 rings (SSSR count). The zero-order valence-electron chi connectivity index (χ0n) is 17.9. The van der Waals surface area contributed by atoms with Crippen molar-refractivity contribution in [3.8, 4) is 17.2 Å². The molecule has 1 aliphatic heterocycles. The van der Waals surface area contributed by atoms with Crippen molar-refractivity contribution in [3.63, 3.8) is 0 Å². The lowest BCUT2D eigenvalue weighted by atomic mass is 9.96. The molecule has 0 amide bonds. The summed E-state index contributed by atoms with van der Waals surface area (Å²) in [7, 11) is 0. The van der Waals surface area contributed by atoms with Gasteiger partial charge in [0, 0.05) is 23.1 Å². The van der Waals surface area contributed by atoms with Crippen LogP contribution in [0.15, 0.2) is 54.2 Å². The average Bonchev–Trinajstić information content (AvgIpc) is 2.79. The van der Waals surface area contributed by atoms with Crippen molar-refractivity contribution in [3.05, 3.63) is 88.3 Å². The van der Waals surface area contributed by atoms with Gasteiger partial charge >= 0.3 is 0 Å². The number of benzene rings is 2.